The number of hydrazone groups is 1. The third-order valence-electron chi connectivity index (χ3n) is 4.69. The van der Waals surface area contributed by atoms with Gasteiger partial charge in [0.25, 0.3) is 11.6 Å². The van der Waals surface area contributed by atoms with E-state index in [1.54, 1.807) is 18.3 Å². The molecule has 0 aromatic heterocycles. The van der Waals surface area contributed by atoms with Gasteiger partial charge in [0.15, 0.2) is 0 Å². The average Bonchev–Trinajstić information content (AvgIpc) is 3.19. The predicted molar refractivity (Wildman–Crippen MR) is 107 cm³/mol. The Hall–Kier alpha value is -3.10. The lowest BCUT2D eigenvalue weighted by molar-refractivity contribution is -0.384. The monoisotopic (exact) mass is 381 g/mol. The van der Waals surface area contributed by atoms with E-state index in [4.69, 9.17) is 0 Å². The zero-order valence-electron chi connectivity index (χ0n) is 15.8. The van der Waals surface area contributed by atoms with E-state index >= 15 is 0 Å². The molecule has 1 saturated heterocycles. The summed E-state index contributed by atoms with van der Waals surface area (Å²) in [6.07, 6.45) is 2.06. The Balaban J connectivity index is 1.54. The first-order valence-corrected chi connectivity index (χ1v) is 9.12. The van der Waals surface area contributed by atoms with Crippen LogP contribution in [-0.2, 0) is 4.79 Å². The summed E-state index contributed by atoms with van der Waals surface area (Å²) < 4.78 is 0. The van der Waals surface area contributed by atoms with Crippen LogP contribution in [0.25, 0.3) is 0 Å². The van der Waals surface area contributed by atoms with Crippen molar-refractivity contribution in [2.24, 2.45) is 5.10 Å². The Labute approximate surface area is 163 Å². The molecular weight excluding hydrogens is 358 g/mol. The second kappa shape index (κ2) is 8.73. The highest BCUT2D eigenvalue weighted by molar-refractivity contribution is 5.85. The minimum atomic E-state index is -0.482. The summed E-state index contributed by atoms with van der Waals surface area (Å²) in [6, 6.07) is 13.7. The van der Waals surface area contributed by atoms with Crippen LogP contribution >= 0.6 is 0 Å². The van der Waals surface area contributed by atoms with E-state index in [2.05, 4.69) is 35.2 Å². The van der Waals surface area contributed by atoms with Gasteiger partial charge >= 0.3 is 0 Å². The largest absolute Gasteiger partial charge is 0.271 e. The van der Waals surface area contributed by atoms with Crippen LogP contribution in [0, 0.1) is 10.1 Å². The molecule has 8 nitrogen and oxygen atoms in total. The van der Waals surface area contributed by atoms with Crippen molar-refractivity contribution in [2.75, 3.05) is 0 Å². The molecule has 3 rings (SSSR count). The van der Waals surface area contributed by atoms with Crippen molar-refractivity contribution >= 4 is 17.8 Å². The molecule has 1 amide bonds. The van der Waals surface area contributed by atoms with Crippen molar-refractivity contribution in [1.29, 1.82) is 0 Å². The zero-order valence-corrected chi connectivity index (χ0v) is 15.8. The van der Waals surface area contributed by atoms with Crippen LogP contribution in [0.5, 0.6) is 0 Å². The smallest absolute Gasteiger partial charge is 0.269 e. The van der Waals surface area contributed by atoms with Gasteiger partial charge in [-0.05, 0) is 29.0 Å². The van der Waals surface area contributed by atoms with Crippen molar-refractivity contribution in [3.63, 3.8) is 0 Å². The fraction of sp³-hybridized carbons (Fsp3) is 0.300. The van der Waals surface area contributed by atoms with E-state index in [1.165, 1.54) is 17.7 Å². The summed E-state index contributed by atoms with van der Waals surface area (Å²) in [5.74, 6) is 0.195. The normalized spacial score (nSPS) is 19.2. The number of nitrogens with one attached hydrogen (secondary N) is 3. The summed E-state index contributed by atoms with van der Waals surface area (Å²) in [6.45, 7) is 4.26. The van der Waals surface area contributed by atoms with Crippen LogP contribution in [0.1, 0.15) is 48.9 Å². The van der Waals surface area contributed by atoms with Crippen LogP contribution < -0.4 is 16.3 Å². The molecule has 2 atom stereocenters. The van der Waals surface area contributed by atoms with Crippen molar-refractivity contribution < 1.29 is 9.72 Å². The molecule has 1 fully saturated rings. The highest BCUT2D eigenvalue weighted by atomic mass is 16.6. The minimum Gasteiger partial charge on any atom is -0.271 e. The third kappa shape index (κ3) is 4.79. The molecule has 1 aliphatic heterocycles. The van der Waals surface area contributed by atoms with E-state index in [9.17, 15) is 14.9 Å². The summed E-state index contributed by atoms with van der Waals surface area (Å²) in [4.78, 5) is 22.8. The van der Waals surface area contributed by atoms with Gasteiger partial charge in [-0.2, -0.15) is 5.10 Å². The lowest BCUT2D eigenvalue weighted by atomic mass is 10.0. The van der Waals surface area contributed by atoms with Gasteiger partial charge in [-0.15, -0.1) is 0 Å². The van der Waals surface area contributed by atoms with Crippen molar-refractivity contribution in [3.8, 4) is 0 Å². The van der Waals surface area contributed by atoms with E-state index in [0.29, 0.717) is 12.3 Å². The SMILES string of the molecule is CC(C)c1ccc(/C=N/NC(=O)C2CC(c3cccc([N+](=O)[O-])c3)NN2)cc1. The maximum Gasteiger partial charge on any atom is 0.269 e. The van der Waals surface area contributed by atoms with Gasteiger partial charge in [-0.25, -0.2) is 16.3 Å². The fourth-order valence-electron chi connectivity index (χ4n) is 3.02. The second-order valence-electron chi connectivity index (χ2n) is 7.04. The molecule has 146 valence electrons. The molecular formula is C20H23N5O3. The predicted octanol–water partition coefficient (Wildman–Crippen LogP) is 2.78. The lowest BCUT2D eigenvalue weighted by Gasteiger charge is -2.09. The van der Waals surface area contributed by atoms with E-state index in [1.807, 2.05) is 24.3 Å². The lowest BCUT2D eigenvalue weighted by Crippen LogP contribution is -2.41. The van der Waals surface area contributed by atoms with Crippen LogP contribution in [0.15, 0.2) is 53.6 Å². The van der Waals surface area contributed by atoms with Gasteiger partial charge in [-0.3, -0.25) is 14.9 Å². The maximum atomic E-state index is 12.3. The summed E-state index contributed by atoms with van der Waals surface area (Å²) in [7, 11) is 0. The molecule has 0 saturated carbocycles. The molecule has 2 aromatic carbocycles. The van der Waals surface area contributed by atoms with Crippen molar-refractivity contribution in [2.45, 2.75) is 38.3 Å². The van der Waals surface area contributed by atoms with Crippen molar-refractivity contribution in [3.05, 3.63) is 75.3 Å². The Morgan fingerprint density at radius 3 is 2.68 bits per heavy atom. The number of amides is 1. The first kappa shape index (κ1) is 19.7. The molecule has 8 heteroatoms. The first-order chi connectivity index (χ1) is 13.4. The number of hydrazine groups is 1. The maximum absolute atomic E-state index is 12.3. The van der Waals surface area contributed by atoms with Gasteiger partial charge in [0, 0.05) is 18.2 Å². The number of hydrogen-bond acceptors (Lipinski definition) is 6. The molecule has 0 bridgehead atoms. The number of rotatable bonds is 6. The van der Waals surface area contributed by atoms with Gasteiger partial charge in [-0.1, -0.05) is 50.2 Å². The Bertz CT molecular complexity index is 880. The molecule has 0 aliphatic carbocycles. The number of nitro groups is 1. The molecule has 0 radical (unpaired) electrons. The second-order valence-corrected chi connectivity index (χ2v) is 7.04. The number of hydrogen-bond donors (Lipinski definition) is 3. The van der Waals surface area contributed by atoms with Gasteiger partial charge in [0.2, 0.25) is 0 Å². The zero-order chi connectivity index (χ0) is 20.1. The van der Waals surface area contributed by atoms with E-state index in [-0.39, 0.29) is 17.6 Å². The quantitative estimate of drug-likeness (QED) is 0.405. The minimum absolute atomic E-state index is 0.0280. The molecule has 3 N–H and O–H groups in total. The molecule has 2 aromatic rings. The average molecular weight is 381 g/mol. The van der Waals surface area contributed by atoms with Crippen LogP contribution in [-0.4, -0.2) is 23.1 Å². The molecule has 28 heavy (non-hydrogen) atoms. The molecule has 0 spiro atoms. The van der Waals surface area contributed by atoms with Crippen molar-refractivity contribution in [1.82, 2.24) is 16.3 Å². The molecule has 2 unspecified atom stereocenters. The van der Waals surface area contributed by atoms with Crippen LogP contribution in [0.3, 0.4) is 0 Å². The number of carbonyl (C=O) groups is 1. The Morgan fingerprint density at radius 1 is 1.25 bits per heavy atom. The van der Waals surface area contributed by atoms with Gasteiger partial charge < -0.3 is 0 Å². The van der Waals surface area contributed by atoms with Gasteiger partial charge in [0.05, 0.1) is 11.1 Å². The fourth-order valence-corrected chi connectivity index (χ4v) is 3.02. The van der Waals surface area contributed by atoms with Crippen LogP contribution in [0.4, 0.5) is 5.69 Å². The topological polar surface area (TPSA) is 109 Å². The summed E-state index contributed by atoms with van der Waals surface area (Å²) in [5, 5.41) is 14.9. The van der Waals surface area contributed by atoms with E-state index in [0.717, 1.165) is 11.1 Å². The van der Waals surface area contributed by atoms with Gasteiger partial charge in [0.1, 0.15) is 6.04 Å². The highest BCUT2D eigenvalue weighted by Crippen LogP contribution is 2.25. The van der Waals surface area contributed by atoms with Crippen LogP contribution in [0.2, 0.25) is 0 Å². The van der Waals surface area contributed by atoms with E-state index < -0.39 is 11.0 Å². The molecule has 1 heterocycles. The summed E-state index contributed by atoms with van der Waals surface area (Å²) in [5.41, 5.74) is 11.4. The number of carbonyl (C=O) groups excluding carboxylic acids is 1. The summed E-state index contributed by atoms with van der Waals surface area (Å²) >= 11 is 0. The Morgan fingerprint density at radius 2 is 2.00 bits per heavy atom. The number of nitro benzene ring substituents is 1. The molecule has 1 aliphatic rings. The number of benzene rings is 2. The third-order valence-corrected chi connectivity index (χ3v) is 4.69. The number of nitrogens with zero attached hydrogens (tertiary/aromatic N) is 2. The highest BCUT2D eigenvalue weighted by Gasteiger charge is 2.30. The standard InChI is InChI=1S/C20H23N5O3/c1-13(2)15-8-6-14(7-9-15)12-21-24-20(26)19-11-18(22-23-19)16-4-3-5-17(10-16)25(27)28/h3-10,12-13,18-19,22-23H,11H2,1-2H3,(H,24,26)/b21-12+. The Kier molecular flexibility index (Phi) is 6.13. The first-order valence-electron chi connectivity index (χ1n) is 9.12. The number of non-ortho nitro benzene ring substituents is 1.